The molecule has 0 aromatic heterocycles. The maximum Gasteiger partial charge on any atom is 0.485 e. The Labute approximate surface area is 61.4 Å². The van der Waals surface area contributed by atoms with Crippen LogP contribution in [0.2, 0.25) is 0 Å². The minimum Gasteiger partial charge on any atom is -0.366 e. The van der Waals surface area contributed by atoms with Gasteiger partial charge in [-0.3, -0.25) is 0 Å². The van der Waals surface area contributed by atoms with Crippen molar-refractivity contribution >= 4 is 0 Å². The van der Waals surface area contributed by atoms with Crippen molar-refractivity contribution in [2.45, 2.75) is 12.3 Å². The molecule has 0 bridgehead atoms. The van der Waals surface area contributed by atoms with Crippen LogP contribution in [0, 0.1) is 0 Å². The van der Waals surface area contributed by atoms with Gasteiger partial charge in [0.1, 0.15) is 0 Å². The van der Waals surface area contributed by atoms with E-state index >= 15 is 0 Å². The third kappa shape index (κ3) is 5.13. The quantitative estimate of drug-likeness (QED) is 0.661. The Bertz CT molecular complexity index is 110. The summed E-state index contributed by atoms with van der Waals surface area (Å²) in [5, 5.41) is 6.90. The summed E-state index contributed by atoms with van der Waals surface area (Å²) in [6.45, 7) is -1.25. The lowest BCUT2D eigenvalue weighted by atomic mass is 10.6. The normalized spacial score (nSPS) is 12.0. The summed E-state index contributed by atoms with van der Waals surface area (Å²) < 4.78 is 74.2. The first-order chi connectivity index (χ1) is 5.22. The van der Waals surface area contributed by atoms with E-state index in [-0.39, 0.29) is 0 Å². The zero-order valence-corrected chi connectivity index (χ0v) is 5.21. The van der Waals surface area contributed by atoms with Crippen molar-refractivity contribution in [1.29, 1.82) is 0 Å². The maximum absolute atomic E-state index is 10.9. The fourth-order valence-electron chi connectivity index (χ4n) is 0.0437. The molecule has 12 heavy (non-hydrogen) atoms. The van der Waals surface area contributed by atoms with Crippen LogP contribution in [-0.2, 0) is 4.94 Å². The molecule has 9 heteroatoms. The standard InChI is InChI=1S/C2F6O.CH3FO/c3-1(4,5)2(6,7)9-8;2-1-3/h;3H,1H2. The van der Waals surface area contributed by atoms with Gasteiger partial charge in [0.25, 0.3) is 0 Å². The Balaban J connectivity index is 0. The third-order valence-electron chi connectivity index (χ3n) is 0.427. The second-order valence-electron chi connectivity index (χ2n) is 1.21. The maximum atomic E-state index is 10.9. The molecule has 0 aliphatic heterocycles. The summed E-state index contributed by atoms with van der Waals surface area (Å²) in [5.41, 5.74) is 0. The molecule has 0 saturated carbocycles. The van der Waals surface area contributed by atoms with E-state index < -0.39 is 19.1 Å². The summed E-state index contributed by atoms with van der Waals surface area (Å²) >= 11 is 0. The molecule has 0 aromatic rings. The molecule has 0 heterocycles. The van der Waals surface area contributed by atoms with Crippen molar-refractivity contribution < 1.29 is 40.9 Å². The molecular weight excluding hydrogens is 201 g/mol. The van der Waals surface area contributed by atoms with E-state index in [0.29, 0.717) is 0 Å². The molecule has 0 fully saturated rings. The van der Waals surface area contributed by atoms with Crippen molar-refractivity contribution in [2.75, 3.05) is 6.86 Å². The largest absolute Gasteiger partial charge is 0.485 e. The van der Waals surface area contributed by atoms with Crippen LogP contribution in [0.25, 0.3) is 0 Å². The zero-order chi connectivity index (χ0) is 10.4. The SMILES string of the molecule is FOC(F)(F)C(F)(F)F.OCF. The molecule has 0 radical (unpaired) electrons. The van der Waals surface area contributed by atoms with E-state index in [2.05, 4.69) is 0 Å². The lowest BCUT2D eigenvalue weighted by molar-refractivity contribution is -0.453. The summed E-state index contributed by atoms with van der Waals surface area (Å²) in [6.07, 6.45) is -11.7. The number of alkyl halides is 6. The van der Waals surface area contributed by atoms with Crippen molar-refractivity contribution in [1.82, 2.24) is 0 Å². The molecule has 0 aliphatic carbocycles. The van der Waals surface area contributed by atoms with Crippen LogP contribution in [0.1, 0.15) is 0 Å². The Morgan fingerprint density at radius 2 is 1.33 bits per heavy atom. The van der Waals surface area contributed by atoms with E-state index in [1.807, 2.05) is 0 Å². The molecule has 76 valence electrons. The summed E-state index contributed by atoms with van der Waals surface area (Å²) in [7, 11) is 0. The Morgan fingerprint density at radius 3 is 1.33 bits per heavy atom. The van der Waals surface area contributed by atoms with Gasteiger partial charge in [-0.1, -0.05) is 0 Å². The molecule has 0 atom stereocenters. The second kappa shape index (κ2) is 5.14. The molecule has 2 nitrogen and oxygen atoms in total. The molecule has 0 aromatic carbocycles. The number of aliphatic hydroxyl groups excluding tert-OH is 1. The van der Waals surface area contributed by atoms with E-state index in [4.69, 9.17) is 5.11 Å². The van der Waals surface area contributed by atoms with Gasteiger partial charge >= 0.3 is 12.3 Å². The highest BCUT2D eigenvalue weighted by Gasteiger charge is 2.61. The molecule has 0 spiro atoms. The third-order valence-corrected chi connectivity index (χ3v) is 0.427. The van der Waals surface area contributed by atoms with Gasteiger partial charge in [0.2, 0.25) is 0 Å². The van der Waals surface area contributed by atoms with Gasteiger partial charge in [-0.15, -0.1) is 4.94 Å². The van der Waals surface area contributed by atoms with Crippen molar-refractivity contribution in [2.24, 2.45) is 0 Å². The highest BCUT2D eigenvalue weighted by atomic mass is 19.4. The summed E-state index contributed by atoms with van der Waals surface area (Å²) in [6, 6.07) is 0. The van der Waals surface area contributed by atoms with Crippen LogP contribution in [0.15, 0.2) is 0 Å². The van der Waals surface area contributed by atoms with Crippen LogP contribution < -0.4 is 0 Å². The molecular formula is C3H3F7O2. The topological polar surface area (TPSA) is 29.5 Å². The summed E-state index contributed by atoms with van der Waals surface area (Å²) in [4.78, 5) is 1.34. The monoisotopic (exact) mass is 204 g/mol. The number of halogens is 7. The van der Waals surface area contributed by atoms with Gasteiger partial charge in [-0.2, -0.15) is 22.0 Å². The lowest BCUT2D eigenvalue weighted by Gasteiger charge is -2.12. The minimum atomic E-state index is -5.98. The molecule has 0 aliphatic rings. The van der Waals surface area contributed by atoms with Crippen molar-refractivity contribution in [3.8, 4) is 0 Å². The zero-order valence-electron chi connectivity index (χ0n) is 5.21. The molecule has 0 rings (SSSR count). The number of hydrogen-bond donors (Lipinski definition) is 1. The predicted molar refractivity (Wildman–Crippen MR) is 21.4 cm³/mol. The van der Waals surface area contributed by atoms with Gasteiger partial charge < -0.3 is 5.11 Å². The highest BCUT2D eigenvalue weighted by Crippen LogP contribution is 2.36. The van der Waals surface area contributed by atoms with Gasteiger partial charge in [-0.25, -0.2) is 4.39 Å². The Hall–Kier alpha value is -0.570. The number of rotatable bonds is 1. The first kappa shape index (κ1) is 14.0. The van der Waals surface area contributed by atoms with Gasteiger partial charge in [0, 0.05) is 0 Å². The molecule has 0 amide bonds. The average molecular weight is 204 g/mol. The second-order valence-corrected chi connectivity index (χ2v) is 1.21. The van der Waals surface area contributed by atoms with Crippen LogP contribution >= 0.6 is 0 Å². The van der Waals surface area contributed by atoms with Crippen molar-refractivity contribution in [3.05, 3.63) is 0 Å². The van der Waals surface area contributed by atoms with Gasteiger partial charge in [0.05, 0.1) is 0 Å². The Morgan fingerprint density at radius 1 is 1.08 bits per heavy atom. The predicted octanol–water partition coefficient (Wildman–Crippen LogP) is 1.95. The first-order valence-corrected chi connectivity index (χ1v) is 2.14. The smallest absolute Gasteiger partial charge is 0.366 e. The van der Waals surface area contributed by atoms with E-state index in [0.717, 1.165) is 0 Å². The number of hydrogen-bond acceptors (Lipinski definition) is 2. The summed E-state index contributed by atoms with van der Waals surface area (Å²) in [5.74, 6) is 0. The van der Waals surface area contributed by atoms with Crippen LogP contribution in [0.3, 0.4) is 0 Å². The van der Waals surface area contributed by atoms with E-state index in [1.54, 1.807) is 0 Å². The average Bonchev–Trinajstić information content (AvgIpc) is 1.87. The highest BCUT2D eigenvalue weighted by molar-refractivity contribution is 4.60. The Kier molecular flexibility index (Phi) is 5.99. The lowest BCUT2D eigenvalue weighted by Crippen LogP contribution is -2.36. The molecule has 0 saturated heterocycles. The van der Waals surface area contributed by atoms with Gasteiger partial charge in [0.15, 0.2) is 6.86 Å². The molecule has 0 unspecified atom stereocenters. The first-order valence-electron chi connectivity index (χ1n) is 2.14. The van der Waals surface area contributed by atoms with E-state index in [1.165, 1.54) is 4.94 Å². The fourth-order valence-corrected chi connectivity index (χ4v) is 0.0437. The fraction of sp³-hybridized carbons (Fsp3) is 1.00. The van der Waals surface area contributed by atoms with Gasteiger partial charge in [-0.05, 0) is 4.53 Å². The van der Waals surface area contributed by atoms with Crippen LogP contribution in [0.4, 0.5) is 30.9 Å². The van der Waals surface area contributed by atoms with Crippen LogP contribution in [-0.4, -0.2) is 24.3 Å². The molecule has 1 N–H and O–H groups in total. The van der Waals surface area contributed by atoms with E-state index in [9.17, 15) is 30.9 Å². The van der Waals surface area contributed by atoms with Crippen LogP contribution in [0.5, 0.6) is 0 Å². The number of aliphatic hydroxyl groups is 1. The van der Waals surface area contributed by atoms with Crippen molar-refractivity contribution in [3.63, 3.8) is 0 Å². The minimum absolute atomic E-state index is 1.25.